The minimum Gasteiger partial charge on any atom is -0.493 e. The average molecular weight is 447 g/mol. The number of benzene rings is 3. The van der Waals surface area contributed by atoms with Gasteiger partial charge in [0.1, 0.15) is 11.9 Å². The molecule has 0 aliphatic carbocycles. The van der Waals surface area contributed by atoms with Gasteiger partial charge in [0.25, 0.3) is 11.1 Å². The van der Waals surface area contributed by atoms with Crippen molar-refractivity contribution >= 4 is 38.2 Å². The van der Waals surface area contributed by atoms with Gasteiger partial charge in [-0.05, 0) is 42.3 Å². The van der Waals surface area contributed by atoms with Gasteiger partial charge in [0, 0.05) is 25.9 Å². The second-order valence-corrected chi connectivity index (χ2v) is 9.10. The molecular weight excluding hydrogens is 420 g/mol. The molecule has 0 unspecified atom stereocenters. The number of fused-ring (bicyclic) bond motifs is 2. The van der Waals surface area contributed by atoms with Crippen LogP contribution in [0.3, 0.4) is 0 Å². The molecule has 1 aliphatic rings. The third-order valence-corrected chi connectivity index (χ3v) is 6.91. The number of piperidine rings is 1. The van der Waals surface area contributed by atoms with Crippen molar-refractivity contribution < 1.29 is 14.3 Å². The number of nitrogens with zero attached hydrogens (tertiary/aromatic N) is 2. The molecule has 0 bridgehead atoms. The molecule has 1 fully saturated rings. The Morgan fingerprint density at radius 1 is 1.09 bits per heavy atom. The van der Waals surface area contributed by atoms with Crippen LogP contribution in [-0.2, 0) is 0 Å². The second-order valence-electron chi connectivity index (χ2n) is 8.10. The highest BCUT2D eigenvalue weighted by Gasteiger charge is 2.28. The van der Waals surface area contributed by atoms with Crippen LogP contribution in [-0.4, -0.2) is 41.6 Å². The zero-order valence-corrected chi connectivity index (χ0v) is 19.2. The molecule has 5 rings (SSSR count). The van der Waals surface area contributed by atoms with Crippen molar-refractivity contribution in [3.8, 4) is 10.9 Å². The van der Waals surface area contributed by atoms with Crippen molar-refractivity contribution in [2.24, 2.45) is 0 Å². The van der Waals surface area contributed by atoms with E-state index in [0.29, 0.717) is 36.2 Å². The van der Waals surface area contributed by atoms with E-state index in [9.17, 15) is 4.79 Å². The van der Waals surface area contributed by atoms with Gasteiger partial charge >= 0.3 is 0 Å². The number of thiazole rings is 1. The summed E-state index contributed by atoms with van der Waals surface area (Å²) < 4.78 is 13.2. The lowest BCUT2D eigenvalue weighted by atomic mass is 10.0. The molecule has 6 heteroatoms. The molecule has 1 saturated heterocycles. The van der Waals surface area contributed by atoms with Crippen molar-refractivity contribution in [2.75, 3.05) is 19.7 Å². The zero-order chi connectivity index (χ0) is 22.1. The van der Waals surface area contributed by atoms with Gasteiger partial charge in [-0.25, -0.2) is 4.98 Å². The number of carbonyl (C=O) groups is 1. The Balaban J connectivity index is 1.31. The lowest BCUT2D eigenvalue weighted by Crippen LogP contribution is -2.42. The molecule has 164 valence electrons. The molecule has 0 saturated carbocycles. The molecular formula is C26H26N2O3S. The fraction of sp³-hybridized carbons (Fsp3) is 0.308. The zero-order valence-electron chi connectivity index (χ0n) is 18.3. The minimum absolute atomic E-state index is 0.0271. The van der Waals surface area contributed by atoms with E-state index in [1.165, 1.54) is 0 Å². The molecule has 1 amide bonds. The van der Waals surface area contributed by atoms with E-state index in [1.807, 2.05) is 54.3 Å². The number of aryl methyl sites for hydroxylation is 1. The standard InChI is InChI=1S/C26H26N2O3S/c1-3-30-21-12-11-18-8-4-5-9-20(18)23(21)25(29)28-15-13-19(14-16-28)31-26-27-24-17(2)7-6-10-22(24)32-26/h4-12,19H,3,13-16H2,1-2H3. The van der Waals surface area contributed by atoms with Crippen LogP contribution in [0.2, 0.25) is 0 Å². The van der Waals surface area contributed by atoms with Gasteiger partial charge in [-0.3, -0.25) is 4.79 Å². The van der Waals surface area contributed by atoms with Crippen molar-refractivity contribution in [1.82, 2.24) is 9.88 Å². The van der Waals surface area contributed by atoms with E-state index in [2.05, 4.69) is 24.0 Å². The fourth-order valence-corrected chi connectivity index (χ4v) is 5.30. The number of hydrogen-bond donors (Lipinski definition) is 0. The van der Waals surface area contributed by atoms with Crippen molar-refractivity contribution in [3.05, 3.63) is 65.7 Å². The Bertz CT molecular complexity index is 1270. The molecule has 0 N–H and O–H groups in total. The molecule has 1 aliphatic heterocycles. The monoisotopic (exact) mass is 446 g/mol. The van der Waals surface area contributed by atoms with E-state index in [4.69, 9.17) is 9.47 Å². The summed E-state index contributed by atoms with van der Waals surface area (Å²) in [5, 5.41) is 2.70. The Morgan fingerprint density at radius 3 is 2.69 bits per heavy atom. The summed E-state index contributed by atoms with van der Waals surface area (Å²) in [7, 11) is 0. The van der Waals surface area contributed by atoms with Crippen LogP contribution in [0.15, 0.2) is 54.6 Å². The molecule has 0 radical (unpaired) electrons. The fourth-order valence-electron chi connectivity index (χ4n) is 4.34. The molecule has 5 nitrogen and oxygen atoms in total. The smallest absolute Gasteiger partial charge is 0.274 e. The molecule has 0 spiro atoms. The van der Waals surface area contributed by atoms with Crippen LogP contribution in [0.25, 0.3) is 21.0 Å². The van der Waals surface area contributed by atoms with Gasteiger partial charge < -0.3 is 14.4 Å². The highest BCUT2D eigenvalue weighted by atomic mass is 32.1. The first-order valence-electron chi connectivity index (χ1n) is 11.1. The van der Waals surface area contributed by atoms with Crippen LogP contribution < -0.4 is 9.47 Å². The quantitative estimate of drug-likeness (QED) is 0.386. The predicted molar refractivity (Wildman–Crippen MR) is 129 cm³/mol. The van der Waals surface area contributed by atoms with Gasteiger partial charge in [0.05, 0.1) is 22.4 Å². The van der Waals surface area contributed by atoms with Gasteiger partial charge in [-0.15, -0.1) is 0 Å². The minimum atomic E-state index is 0.0271. The van der Waals surface area contributed by atoms with Crippen LogP contribution in [0.4, 0.5) is 0 Å². The SMILES string of the molecule is CCOc1ccc2ccccc2c1C(=O)N1CCC(Oc2nc3c(C)cccc3s2)CC1. The van der Waals surface area contributed by atoms with E-state index < -0.39 is 0 Å². The van der Waals surface area contributed by atoms with E-state index >= 15 is 0 Å². The van der Waals surface area contributed by atoms with Crippen LogP contribution in [0.5, 0.6) is 10.9 Å². The third kappa shape index (κ3) is 3.91. The summed E-state index contributed by atoms with van der Waals surface area (Å²) in [4.78, 5) is 20.1. The lowest BCUT2D eigenvalue weighted by Gasteiger charge is -2.32. The average Bonchev–Trinajstić information content (AvgIpc) is 3.23. The molecule has 2 heterocycles. The van der Waals surface area contributed by atoms with Crippen LogP contribution >= 0.6 is 11.3 Å². The summed E-state index contributed by atoms with van der Waals surface area (Å²) in [5.74, 6) is 0.679. The summed E-state index contributed by atoms with van der Waals surface area (Å²) in [6.45, 7) is 5.84. The number of rotatable bonds is 5. The third-order valence-electron chi connectivity index (χ3n) is 6.00. The van der Waals surface area contributed by atoms with Crippen LogP contribution in [0.1, 0.15) is 35.7 Å². The maximum absolute atomic E-state index is 13.5. The summed E-state index contributed by atoms with van der Waals surface area (Å²) in [6, 6.07) is 18.1. The van der Waals surface area contributed by atoms with Gasteiger partial charge in [-0.1, -0.05) is 53.8 Å². The number of likely N-dealkylation sites (tertiary alicyclic amines) is 1. The van der Waals surface area contributed by atoms with Crippen LogP contribution in [0, 0.1) is 6.92 Å². The molecule has 0 atom stereocenters. The molecule has 32 heavy (non-hydrogen) atoms. The molecule has 1 aromatic heterocycles. The Hall–Kier alpha value is -3.12. The number of ether oxygens (including phenoxy) is 2. The maximum atomic E-state index is 13.5. The normalized spacial score (nSPS) is 14.8. The highest BCUT2D eigenvalue weighted by Crippen LogP contribution is 2.33. The Morgan fingerprint density at radius 2 is 1.91 bits per heavy atom. The lowest BCUT2D eigenvalue weighted by molar-refractivity contribution is 0.0594. The number of carbonyl (C=O) groups excluding carboxylic acids is 1. The van der Waals surface area contributed by atoms with E-state index in [0.717, 1.165) is 39.4 Å². The first-order valence-corrected chi connectivity index (χ1v) is 11.9. The largest absolute Gasteiger partial charge is 0.493 e. The topological polar surface area (TPSA) is 51.7 Å². The highest BCUT2D eigenvalue weighted by molar-refractivity contribution is 7.20. The summed E-state index contributed by atoms with van der Waals surface area (Å²) >= 11 is 1.59. The Kier molecular flexibility index (Phi) is 5.70. The number of hydrogen-bond acceptors (Lipinski definition) is 5. The maximum Gasteiger partial charge on any atom is 0.274 e. The van der Waals surface area contributed by atoms with Gasteiger partial charge in [-0.2, -0.15) is 0 Å². The molecule has 4 aromatic rings. The second kappa shape index (κ2) is 8.79. The van der Waals surface area contributed by atoms with Crippen molar-refractivity contribution in [2.45, 2.75) is 32.8 Å². The van der Waals surface area contributed by atoms with E-state index in [-0.39, 0.29) is 12.0 Å². The van der Waals surface area contributed by atoms with Gasteiger partial charge in [0.2, 0.25) is 0 Å². The van der Waals surface area contributed by atoms with Crippen molar-refractivity contribution in [1.29, 1.82) is 0 Å². The summed E-state index contributed by atoms with van der Waals surface area (Å²) in [6.07, 6.45) is 1.64. The first kappa shape index (κ1) is 20.8. The Labute approximate surface area is 191 Å². The number of aromatic nitrogens is 1. The number of para-hydroxylation sites is 1. The predicted octanol–water partition coefficient (Wildman–Crippen LogP) is 5.84. The van der Waals surface area contributed by atoms with Gasteiger partial charge in [0.15, 0.2) is 0 Å². The van der Waals surface area contributed by atoms with E-state index in [1.54, 1.807) is 11.3 Å². The first-order chi connectivity index (χ1) is 15.6. The molecule has 3 aromatic carbocycles. The number of amides is 1. The van der Waals surface area contributed by atoms with Crippen molar-refractivity contribution in [3.63, 3.8) is 0 Å². The summed E-state index contributed by atoms with van der Waals surface area (Å²) in [5.41, 5.74) is 2.83.